The second-order valence-corrected chi connectivity index (χ2v) is 10.6. The van der Waals surface area contributed by atoms with Crippen LogP contribution in [0, 0.1) is 22.7 Å². The standard InChI is InChI=1S/C26H35F3O3/c1-3-25-13-12-16-14-18(30)8-9-19(16)23(25)17(6-4-5-7-22(32)26(27,28)29)15-24(2)20(25)10-11-21(24)31/h3,8-9,14,17,20-23,30-32H,1,4-7,10-13,15H2,2H3. The summed E-state index contributed by atoms with van der Waals surface area (Å²) in [5.41, 5.74) is 1.98. The van der Waals surface area contributed by atoms with Crippen LogP contribution in [0.25, 0.3) is 0 Å². The Hall–Kier alpha value is -1.53. The predicted octanol–water partition coefficient (Wildman–Crippen LogP) is 5.88. The molecule has 3 nitrogen and oxygen atoms in total. The fourth-order valence-corrected chi connectivity index (χ4v) is 7.60. The molecule has 0 saturated heterocycles. The van der Waals surface area contributed by atoms with E-state index in [1.54, 1.807) is 6.07 Å². The lowest BCUT2D eigenvalue weighted by Crippen LogP contribution is -2.54. The number of benzene rings is 1. The van der Waals surface area contributed by atoms with Crippen molar-refractivity contribution in [1.29, 1.82) is 0 Å². The highest BCUT2D eigenvalue weighted by molar-refractivity contribution is 5.43. The summed E-state index contributed by atoms with van der Waals surface area (Å²) < 4.78 is 38.0. The van der Waals surface area contributed by atoms with E-state index in [1.165, 1.54) is 5.56 Å². The summed E-state index contributed by atoms with van der Waals surface area (Å²) in [5, 5.41) is 30.3. The van der Waals surface area contributed by atoms with Gasteiger partial charge in [-0.15, -0.1) is 6.58 Å². The number of hydrogen-bond acceptors (Lipinski definition) is 3. The van der Waals surface area contributed by atoms with Crippen molar-refractivity contribution in [2.24, 2.45) is 22.7 Å². The van der Waals surface area contributed by atoms with Crippen LogP contribution in [0.4, 0.5) is 13.2 Å². The van der Waals surface area contributed by atoms with E-state index in [0.29, 0.717) is 18.8 Å². The monoisotopic (exact) mass is 452 g/mol. The lowest BCUT2D eigenvalue weighted by Gasteiger charge is -2.60. The number of rotatable bonds is 6. The van der Waals surface area contributed by atoms with Gasteiger partial charge in [0.1, 0.15) is 11.9 Å². The van der Waals surface area contributed by atoms with Crippen LogP contribution in [0.3, 0.4) is 0 Å². The van der Waals surface area contributed by atoms with Crippen molar-refractivity contribution in [3.05, 3.63) is 42.0 Å². The predicted molar refractivity (Wildman–Crippen MR) is 117 cm³/mol. The van der Waals surface area contributed by atoms with Gasteiger partial charge in [-0.25, -0.2) is 0 Å². The highest BCUT2D eigenvalue weighted by Gasteiger charge is 2.63. The maximum atomic E-state index is 12.7. The van der Waals surface area contributed by atoms with E-state index in [2.05, 4.69) is 19.6 Å². The van der Waals surface area contributed by atoms with Crippen molar-refractivity contribution >= 4 is 0 Å². The van der Waals surface area contributed by atoms with Gasteiger partial charge in [0, 0.05) is 0 Å². The fraction of sp³-hybridized carbons (Fsp3) is 0.692. The first-order chi connectivity index (χ1) is 15.0. The normalized spacial score (nSPS) is 37.3. The summed E-state index contributed by atoms with van der Waals surface area (Å²) in [6.07, 6.45) is 0.612. The Morgan fingerprint density at radius 3 is 2.69 bits per heavy atom. The second-order valence-electron chi connectivity index (χ2n) is 10.6. The number of aryl methyl sites for hydroxylation is 1. The molecule has 0 amide bonds. The summed E-state index contributed by atoms with van der Waals surface area (Å²) >= 11 is 0. The number of aliphatic hydroxyl groups excluding tert-OH is 2. The first kappa shape index (κ1) is 23.6. The van der Waals surface area contributed by atoms with E-state index in [9.17, 15) is 28.5 Å². The minimum Gasteiger partial charge on any atom is -0.508 e. The van der Waals surface area contributed by atoms with Gasteiger partial charge in [-0.05, 0) is 96.8 Å². The van der Waals surface area contributed by atoms with Crippen LogP contribution in [0.2, 0.25) is 0 Å². The van der Waals surface area contributed by atoms with E-state index >= 15 is 0 Å². The molecule has 3 aliphatic carbocycles. The van der Waals surface area contributed by atoms with Gasteiger partial charge < -0.3 is 15.3 Å². The van der Waals surface area contributed by atoms with Crippen molar-refractivity contribution in [3.8, 4) is 5.75 Å². The van der Waals surface area contributed by atoms with E-state index in [1.807, 2.05) is 12.1 Å². The van der Waals surface area contributed by atoms with Gasteiger partial charge in [0.2, 0.25) is 0 Å². The maximum Gasteiger partial charge on any atom is 0.414 e. The highest BCUT2D eigenvalue weighted by atomic mass is 19.4. The van der Waals surface area contributed by atoms with Crippen molar-refractivity contribution in [2.45, 2.75) is 89.0 Å². The topological polar surface area (TPSA) is 60.7 Å². The van der Waals surface area contributed by atoms with Gasteiger partial charge in [-0.1, -0.05) is 31.9 Å². The molecule has 0 aliphatic heterocycles. The molecular weight excluding hydrogens is 417 g/mol. The third-order valence-electron chi connectivity index (χ3n) is 9.04. The Morgan fingerprint density at radius 1 is 1.25 bits per heavy atom. The van der Waals surface area contributed by atoms with E-state index in [4.69, 9.17) is 0 Å². The van der Waals surface area contributed by atoms with E-state index < -0.39 is 12.3 Å². The Balaban J connectivity index is 1.63. The zero-order chi connectivity index (χ0) is 23.3. The number of allylic oxidation sites excluding steroid dienone is 1. The second kappa shape index (κ2) is 8.35. The molecule has 7 unspecified atom stereocenters. The zero-order valence-electron chi connectivity index (χ0n) is 18.7. The molecule has 1 aromatic rings. The number of hydrogen-bond donors (Lipinski definition) is 3. The minimum atomic E-state index is -4.57. The van der Waals surface area contributed by atoms with Gasteiger partial charge in [-0.3, -0.25) is 0 Å². The lowest BCUT2D eigenvalue weighted by atomic mass is 9.44. The van der Waals surface area contributed by atoms with Crippen LogP contribution in [0.1, 0.15) is 75.3 Å². The Morgan fingerprint density at radius 2 is 2.00 bits per heavy atom. The third kappa shape index (κ3) is 3.77. The molecule has 6 heteroatoms. The van der Waals surface area contributed by atoms with Gasteiger partial charge in [0.05, 0.1) is 6.10 Å². The molecule has 7 atom stereocenters. The largest absolute Gasteiger partial charge is 0.508 e. The molecule has 0 radical (unpaired) electrons. The molecule has 178 valence electrons. The van der Waals surface area contributed by atoms with Gasteiger partial charge in [0.15, 0.2) is 0 Å². The number of aromatic hydroxyl groups is 1. The van der Waals surface area contributed by atoms with Crippen molar-refractivity contribution in [2.75, 3.05) is 0 Å². The zero-order valence-corrected chi connectivity index (χ0v) is 18.7. The van der Waals surface area contributed by atoms with E-state index in [0.717, 1.165) is 44.1 Å². The molecule has 32 heavy (non-hydrogen) atoms. The highest BCUT2D eigenvalue weighted by Crippen LogP contribution is 2.69. The number of phenols is 1. The number of aliphatic hydroxyl groups is 2. The van der Waals surface area contributed by atoms with Gasteiger partial charge in [0.25, 0.3) is 0 Å². The lowest BCUT2D eigenvalue weighted by molar-refractivity contribution is -0.205. The molecule has 3 aliphatic rings. The van der Waals surface area contributed by atoms with Crippen LogP contribution < -0.4 is 0 Å². The van der Waals surface area contributed by atoms with Crippen LogP contribution in [0.15, 0.2) is 30.9 Å². The SMILES string of the molecule is C=CC12CCc3cc(O)ccc3C1C(CCCCC(O)C(F)(F)F)CC1(C)C(O)CCC12. The van der Waals surface area contributed by atoms with E-state index in [-0.39, 0.29) is 40.9 Å². The van der Waals surface area contributed by atoms with Crippen LogP contribution in [0.5, 0.6) is 5.75 Å². The number of alkyl halides is 3. The Labute approximate surface area is 188 Å². The number of halogens is 3. The van der Waals surface area contributed by atoms with Crippen LogP contribution in [-0.2, 0) is 6.42 Å². The molecule has 0 aromatic heterocycles. The molecule has 0 heterocycles. The maximum absolute atomic E-state index is 12.7. The molecule has 0 bridgehead atoms. The Bertz CT molecular complexity index is 853. The van der Waals surface area contributed by atoms with Crippen molar-refractivity contribution in [3.63, 3.8) is 0 Å². The van der Waals surface area contributed by atoms with Gasteiger partial charge in [-0.2, -0.15) is 13.2 Å². The summed E-state index contributed by atoms with van der Waals surface area (Å²) in [6.45, 7) is 6.44. The molecule has 4 rings (SSSR count). The molecule has 3 N–H and O–H groups in total. The Kier molecular flexibility index (Phi) is 6.17. The molecule has 2 saturated carbocycles. The number of fused-ring (bicyclic) bond motifs is 5. The van der Waals surface area contributed by atoms with Crippen molar-refractivity contribution < 1.29 is 28.5 Å². The number of phenolic OH excluding ortho intramolecular Hbond substituents is 1. The summed E-state index contributed by atoms with van der Waals surface area (Å²) in [7, 11) is 0. The summed E-state index contributed by atoms with van der Waals surface area (Å²) in [4.78, 5) is 0. The van der Waals surface area contributed by atoms with Crippen LogP contribution >= 0.6 is 0 Å². The number of unbranched alkanes of at least 4 members (excludes halogenated alkanes) is 1. The molecule has 1 aromatic carbocycles. The summed E-state index contributed by atoms with van der Waals surface area (Å²) in [6, 6.07) is 5.59. The molecule has 0 spiro atoms. The van der Waals surface area contributed by atoms with Crippen molar-refractivity contribution in [1.82, 2.24) is 0 Å². The van der Waals surface area contributed by atoms with Gasteiger partial charge >= 0.3 is 6.18 Å². The summed E-state index contributed by atoms with van der Waals surface area (Å²) in [5.74, 6) is 0.955. The third-order valence-corrected chi connectivity index (χ3v) is 9.04. The first-order valence-electron chi connectivity index (χ1n) is 11.9. The molecular formula is C26H35F3O3. The van der Waals surface area contributed by atoms with Crippen LogP contribution in [-0.4, -0.2) is 33.7 Å². The first-order valence-corrected chi connectivity index (χ1v) is 11.9. The average molecular weight is 453 g/mol. The molecule has 2 fully saturated rings. The minimum absolute atomic E-state index is 0.162. The average Bonchev–Trinajstić information content (AvgIpc) is 3.04. The quantitative estimate of drug-likeness (QED) is 0.373. The fourth-order valence-electron chi connectivity index (χ4n) is 7.60. The smallest absolute Gasteiger partial charge is 0.414 e.